The molecular weight excluding hydrogens is 230 g/mol. The lowest BCUT2D eigenvalue weighted by molar-refractivity contribution is 0.866. The second kappa shape index (κ2) is 6.52. The van der Waals surface area contributed by atoms with E-state index in [4.69, 9.17) is 11.1 Å². The Morgan fingerprint density at radius 3 is 2.31 bits per heavy atom. The first kappa shape index (κ1) is 12.0. The molecular formula is C9H12BrN3. The van der Waals surface area contributed by atoms with Gasteiger partial charge in [0.15, 0.2) is 0 Å². The summed E-state index contributed by atoms with van der Waals surface area (Å²) in [6.07, 6.45) is 0. The van der Waals surface area contributed by atoms with Crippen LogP contribution in [0.3, 0.4) is 0 Å². The predicted octanol–water partition coefficient (Wildman–Crippen LogP) is 4.45. The summed E-state index contributed by atoms with van der Waals surface area (Å²) in [5.41, 5.74) is 13.6. The third-order valence-electron chi connectivity index (χ3n) is 1.52. The molecule has 0 atom stereocenters. The lowest BCUT2D eigenvalue weighted by Gasteiger charge is -2.03. The largest absolute Gasteiger partial charge is 0.108 e. The number of benzene rings is 1. The van der Waals surface area contributed by atoms with Crippen LogP contribution in [0.1, 0.15) is 25.3 Å². The molecule has 0 bridgehead atoms. The summed E-state index contributed by atoms with van der Waals surface area (Å²) in [5, 5.41) is 0. The molecule has 0 aromatic heterocycles. The van der Waals surface area contributed by atoms with Gasteiger partial charge in [-0.05, 0) is 34.1 Å². The quantitative estimate of drug-likeness (QED) is 0.429. The minimum atomic E-state index is 0.623. The lowest BCUT2D eigenvalue weighted by Crippen LogP contribution is -1.84. The van der Waals surface area contributed by atoms with Crippen LogP contribution in [-0.4, -0.2) is 0 Å². The molecule has 1 N–H and O–H groups in total. The van der Waals surface area contributed by atoms with E-state index < -0.39 is 0 Å². The lowest BCUT2D eigenvalue weighted by atomic mass is 10.0. The third-order valence-corrected chi connectivity index (χ3v) is 2.01. The molecule has 0 fully saturated rings. The van der Waals surface area contributed by atoms with Gasteiger partial charge in [0.2, 0.25) is 0 Å². The van der Waals surface area contributed by atoms with Gasteiger partial charge in [-0.15, -0.1) is 5.53 Å². The van der Waals surface area contributed by atoms with Crippen molar-refractivity contribution in [3.8, 4) is 0 Å². The third kappa shape index (κ3) is 5.28. The molecule has 0 aliphatic rings. The second-order valence-corrected chi connectivity index (χ2v) is 3.73. The zero-order chi connectivity index (χ0) is 10.3. The van der Waals surface area contributed by atoms with E-state index in [-0.39, 0.29) is 0 Å². The van der Waals surface area contributed by atoms with E-state index in [9.17, 15) is 0 Å². The summed E-state index contributed by atoms with van der Waals surface area (Å²) >= 11 is 3.43. The molecule has 3 nitrogen and oxygen atoms in total. The highest BCUT2D eigenvalue weighted by molar-refractivity contribution is 9.10. The molecule has 70 valence electrons. The maximum absolute atomic E-state index is 6.86. The highest BCUT2D eigenvalue weighted by Gasteiger charge is 1.96. The van der Waals surface area contributed by atoms with E-state index in [1.54, 1.807) is 4.91 Å². The highest BCUT2D eigenvalue weighted by atomic mass is 79.9. The van der Waals surface area contributed by atoms with Crippen molar-refractivity contribution in [2.24, 2.45) is 0 Å². The van der Waals surface area contributed by atoms with Gasteiger partial charge in [-0.2, -0.15) is 0 Å². The summed E-state index contributed by atoms with van der Waals surface area (Å²) in [5.74, 6) is 0.623. The molecule has 1 aromatic rings. The topological polar surface area (TPSA) is 60.3 Å². The minimum Gasteiger partial charge on any atom is -0.108 e. The molecule has 0 aliphatic carbocycles. The SMILES string of the molecule is CC(C)c1cccc(Br)c1.[N-]=[N+]=N. The maximum Gasteiger partial charge on any atom is 0.0178 e. The van der Waals surface area contributed by atoms with Crippen molar-refractivity contribution in [2.75, 3.05) is 0 Å². The van der Waals surface area contributed by atoms with E-state index in [0.29, 0.717) is 5.92 Å². The van der Waals surface area contributed by atoms with Gasteiger partial charge >= 0.3 is 0 Å². The first-order valence-electron chi connectivity index (χ1n) is 3.88. The number of hydrogen-bond acceptors (Lipinski definition) is 1. The molecule has 0 radical (unpaired) electrons. The first-order valence-corrected chi connectivity index (χ1v) is 4.67. The molecule has 0 spiro atoms. The van der Waals surface area contributed by atoms with Crippen molar-refractivity contribution in [3.05, 3.63) is 44.7 Å². The van der Waals surface area contributed by atoms with Gasteiger partial charge in [-0.3, -0.25) is 0 Å². The highest BCUT2D eigenvalue weighted by Crippen LogP contribution is 2.18. The van der Waals surface area contributed by atoms with Crippen LogP contribution in [-0.2, 0) is 0 Å². The summed E-state index contributed by atoms with van der Waals surface area (Å²) in [7, 11) is 0. The Morgan fingerprint density at radius 1 is 1.46 bits per heavy atom. The van der Waals surface area contributed by atoms with Crippen molar-refractivity contribution in [2.45, 2.75) is 19.8 Å². The Balaban J connectivity index is 0.000000424. The Hall–Kier alpha value is -0.990. The zero-order valence-corrected chi connectivity index (χ0v) is 9.25. The second-order valence-electron chi connectivity index (χ2n) is 2.81. The van der Waals surface area contributed by atoms with Crippen LogP contribution >= 0.6 is 15.9 Å². The number of rotatable bonds is 1. The average molecular weight is 242 g/mol. The van der Waals surface area contributed by atoms with Gasteiger partial charge in [0.05, 0.1) is 0 Å². The van der Waals surface area contributed by atoms with Gasteiger partial charge in [0.25, 0.3) is 0 Å². The summed E-state index contributed by atoms with van der Waals surface area (Å²) in [6.45, 7) is 4.39. The molecule has 1 rings (SSSR count). The Bertz CT molecular complexity index is 291. The van der Waals surface area contributed by atoms with Gasteiger partial charge in [0, 0.05) is 4.47 Å². The predicted molar refractivity (Wildman–Crippen MR) is 57.7 cm³/mol. The molecule has 1 aromatic carbocycles. The summed E-state index contributed by atoms with van der Waals surface area (Å²) < 4.78 is 1.17. The Kier molecular flexibility index (Phi) is 6.02. The van der Waals surface area contributed by atoms with Gasteiger partial charge in [-0.25, -0.2) is 0 Å². The van der Waals surface area contributed by atoms with E-state index in [2.05, 4.69) is 48.0 Å². The fourth-order valence-corrected chi connectivity index (χ4v) is 1.28. The molecule has 4 heteroatoms. The van der Waals surface area contributed by atoms with E-state index in [1.807, 2.05) is 6.07 Å². The number of halogens is 1. The fraction of sp³-hybridized carbons (Fsp3) is 0.333. The molecule has 0 saturated heterocycles. The monoisotopic (exact) mass is 241 g/mol. The van der Waals surface area contributed by atoms with E-state index in [0.717, 1.165) is 0 Å². The van der Waals surface area contributed by atoms with E-state index in [1.165, 1.54) is 10.0 Å². The van der Waals surface area contributed by atoms with Crippen LogP contribution in [0.15, 0.2) is 28.7 Å². The van der Waals surface area contributed by atoms with Gasteiger partial charge in [0.1, 0.15) is 0 Å². The first-order chi connectivity index (χ1) is 6.11. The minimum absolute atomic E-state index is 0.623. The van der Waals surface area contributed by atoms with Crippen LogP contribution in [0.2, 0.25) is 0 Å². The fourth-order valence-electron chi connectivity index (χ4n) is 0.866. The van der Waals surface area contributed by atoms with Crippen LogP contribution in [0, 0.1) is 5.53 Å². The van der Waals surface area contributed by atoms with Crippen molar-refractivity contribution < 1.29 is 0 Å². The zero-order valence-electron chi connectivity index (χ0n) is 7.66. The maximum atomic E-state index is 6.86. The summed E-state index contributed by atoms with van der Waals surface area (Å²) in [4.78, 5) is 1.75. The van der Waals surface area contributed by atoms with E-state index >= 15 is 0 Å². The van der Waals surface area contributed by atoms with Crippen LogP contribution in [0.5, 0.6) is 0 Å². The normalized spacial score (nSPS) is 8.62. The van der Waals surface area contributed by atoms with Crippen LogP contribution < -0.4 is 0 Å². The molecule has 0 aliphatic heterocycles. The number of nitrogens with one attached hydrogen (secondary N) is 1. The Labute approximate surface area is 86.3 Å². The smallest absolute Gasteiger partial charge is 0.0178 e. The molecule has 0 heterocycles. The molecule has 13 heavy (non-hydrogen) atoms. The van der Waals surface area contributed by atoms with Crippen molar-refractivity contribution >= 4 is 15.9 Å². The standard InChI is InChI=1S/C9H11Br.HN3/c1-7(2)8-4-3-5-9(10)6-8;1-3-2/h3-7H,1-2H3;1H. The van der Waals surface area contributed by atoms with Crippen molar-refractivity contribution in [3.63, 3.8) is 0 Å². The molecule has 0 amide bonds. The average Bonchev–Trinajstić information content (AvgIpc) is 2.05. The molecule has 0 saturated carbocycles. The van der Waals surface area contributed by atoms with Crippen molar-refractivity contribution in [1.29, 1.82) is 5.53 Å². The van der Waals surface area contributed by atoms with Crippen LogP contribution in [0.25, 0.3) is 10.4 Å². The van der Waals surface area contributed by atoms with Gasteiger partial charge in [-0.1, -0.05) is 41.9 Å². The van der Waals surface area contributed by atoms with Gasteiger partial charge < -0.3 is 0 Å². The summed E-state index contributed by atoms with van der Waals surface area (Å²) in [6, 6.07) is 8.42. The number of hydrogen-bond donors (Lipinski definition) is 1. The van der Waals surface area contributed by atoms with Crippen LogP contribution in [0.4, 0.5) is 0 Å². The molecule has 0 unspecified atom stereocenters. The van der Waals surface area contributed by atoms with Crippen molar-refractivity contribution in [1.82, 2.24) is 0 Å². The Morgan fingerprint density at radius 2 is 2.00 bits per heavy atom. The number of nitrogens with zero attached hydrogens (tertiary/aromatic N) is 2.